The van der Waals surface area contributed by atoms with E-state index in [2.05, 4.69) is 15.9 Å². The van der Waals surface area contributed by atoms with Gasteiger partial charge in [-0.2, -0.15) is 0 Å². The first-order chi connectivity index (χ1) is 6.15. The molecule has 0 aliphatic heterocycles. The van der Waals surface area contributed by atoms with Crippen molar-refractivity contribution < 1.29 is 4.79 Å². The highest BCUT2D eigenvalue weighted by Gasteiger charge is 2.08. The lowest BCUT2D eigenvalue weighted by atomic mass is 10.1. The molecule has 0 spiro atoms. The fourth-order valence-electron chi connectivity index (χ4n) is 1.07. The largest absolute Gasteiger partial charge is 0.294 e. The van der Waals surface area contributed by atoms with Gasteiger partial charge < -0.3 is 0 Å². The average molecular weight is 262 g/mol. The van der Waals surface area contributed by atoms with E-state index in [1.54, 1.807) is 18.2 Å². The van der Waals surface area contributed by atoms with Gasteiger partial charge in [-0.3, -0.25) is 4.79 Å². The highest BCUT2D eigenvalue weighted by Crippen LogP contribution is 2.22. The zero-order chi connectivity index (χ0) is 9.84. The van der Waals surface area contributed by atoms with Crippen molar-refractivity contribution >= 4 is 33.3 Å². The van der Waals surface area contributed by atoms with Gasteiger partial charge in [0.1, 0.15) is 0 Å². The van der Waals surface area contributed by atoms with Crippen LogP contribution in [0.15, 0.2) is 22.7 Å². The Morgan fingerprint density at radius 3 is 2.85 bits per heavy atom. The van der Waals surface area contributed by atoms with Crippen molar-refractivity contribution in [3.8, 4) is 0 Å². The molecule has 1 aromatic carbocycles. The predicted octanol–water partition coefficient (Wildman–Crippen LogP) is 4.09. The van der Waals surface area contributed by atoms with Crippen molar-refractivity contribution in [1.29, 1.82) is 0 Å². The quantitative estimate of drug-likeness (QED) is 0.749. The number of Topliss-reactive ketones (excluding diaryl/α,β-unsaturated/α-hetero) is 1. The molecule has 0 unspecified atom stereocenters. The lowest BCUT2D eigenvalue weighted by Crippen LogP contribution is -1.98. The molecule has 0 aromatic heterocycles. The maximum Gasteiger partial charge on any atom is 0.164 e. The maximum atomic E-state index is 11.5. The first-order valence-corrected chi connectivity index (χ1v) is 5.30. The average Bonchev–Trinajstić information content (AvgIpc) is 2.09. The van der Waals surface area contributed by atoms with Crippen LogP contribution in [0.25, 0.3) is 0 Å². The van der Waals surface area contributed by atoms with Crippen LogP contribution >= 0.6 is 27.5 Å². The molecule has 0 atom stereocenters. The van der Waals surface area contributed by atoms with E-state index in [-0.39, 0.29) is 5.78 Å². The number of ketones is 1. The molecule has 0 bridgehead atoms. The van der Waals surface area contributed by atoms with Crippen LogP contribution in [0.5, 0.6) is 0 Å². The van der Waals surface area contributed by atoms with Crippen LogP contribution in [0.1, 0.15) is 30.1 Å². The van der Waals surface area contributed by atoms with Crippen LogP contribution in [0.3, 0.4) is 0 Å². The van der Waals surface area contributed by atoms with Crippen molar-refractivity contribution in [2.75, 3.05) is 0 Å². The third-order valence-corrected chi connectivity index (χ3v) is 2.63. The molecule has 0 heterocycles. The molecule has 0 saturated heterocycles. The maximum absolute atomic E-state index is 11.5. The molecule has 1 aromatic rings. The third kappa shape index (κ3) is 2.82. The first kappa shape index (κ1) is 10.7. The lowest BCUT2D eigenvalue weighted by molar-refractivity contribution is 0.0981. The molecule has 0 aliphatic rings. The summed E-state index contributed by atoms with van der Waals surface area (Å²) in [6.07, 6.45) is 1.43. The molecule has 0 fully saturated rings. The molecular weight excluding hydrogens is 251 g/mol. The molecule has 0 N–H and O–H groups in total. The van der Waals surface area contributed by atoms with Crippen LogP contribution in [-0.4, -0.2) is 5.78 Å². The number of halogens is 2. The summed E-state index contributed by atoms with van der Waals surface area (Å²) < 4.78 is 0.815. The van der Waals surface area contributed by atoms with Crippen LogP contribution in [0.4, 0.5) is 0 Å². The van der Waals surface area contributed by atoms with Gasteiger partial charge in [0.25, 0.3) is 0 Å². The van der Waals surface area contributed by atoms with E-state index in [0.717, 1.165) is 10.9 Å². The summed E-state index contributed by atoms with van der Waals surface area (Å²) >= 11 is 9.11. The fourth-order valence-corrected chi connectivity index (χ4v) is 1.71. The predicted molar refractivity (Wildman–Crippen MR) is 58.4 cm³/mol. The van der Waals surface area contributed by atoms with Gasteiger partial charge in [0.05, 0.1) is 0 Å². The molecule has 13 heavy (non-hydrogen) atoms. The minimum atomic E-state index is 0.136. The van der Waals surface area contributed by atoms with Crippen LogP contribution < -0.4 is 0 Å². The summed E-state index contributed by atoms with van der Waals surface area (Å²) in [5, 5.41) is 0.600. The number of hydrogen-bond donors (Lipinski definition) is 0. The van der Waals surface area contributed by atoms with Crippen LogP contribution in [0, 0.1) is 0 Å². The zero-order valence-corrected chi connectivity index (χ0v) is 9.65. The summed E-state index contributed by atoms with van der Waals surface area (Å²) in [6.45, 7) is 1.98. The smallest absolute Gasteiger partial charge is 0.164 e. The minimum absolute atomic E-state index is 0.136. The number of carbonyl (C=O) groups is 1. The number of rotatable bonds is 3. The van der Waals surface area contributed by atoms with E-state index >= 15 is 0 Å². The Morgan fingerprint density at radius 2 is 2.23 bits per heavy atom. The van der Waals surface area contributed by atoms with Crippen LogP contribution in [-0.2, 0) is 0 Å². The zero-order valence-electron chi connectivity index (χ0n) is 7.31. The van der Waals surface area contributed by atoms with Gasteiger partial charge in [0.15, 0.2) is 5.78 Å². The van der Waals surface area contributed by atoms with Gasteiger partial charge in [-0.05, 0) is 24.6 Å². The van der Waals surface area contributed by atoms with E-state index in [1.165, 1.54) is 0 Å². The number of hydrogen-bond acceptors (Lipinski definition) is 1. The molecule has 0 saturated carbocycles. The van der Waals surface area contributed by atoms with E-state index < -0.39 is 0 Å². The standard InChI is InChI=1S/C10H10BrClO/c1-2-3-10(13)8-6-7(12)4-5-9(8)11/h4-6H,2-3H2,1H3. The number of benzene rings is 1. The van der Waals surface area contributed by atoms with Crippen molar-refractivity contribution in [2.45, 2.75) is 19.8 Å². The Hall–Kier alpha value is -0.340. The molecule has 0 radical (unpaired) electrons. The Kier molecular flexibility index (Phi) is 3.94. The van der Waals surface area contributed by atoms with Crippen LogP contribution in [0.2, 0.25) is 5.02 Å². The molecule has 0 aliphatic carbocycles. The second-order valence-corrected chi connectivity index (χ2v) is 4.09. The molecule has 3 heteroatoms. The molecule has 1 rings (SSSR count). The van der Waals surface area contributed by atoms with Gasteiger partial charge in [0, 0.05) is 21.5 Å². The summed E-state index contributed by atoms with van der Waals surface area (Å²) in [5.41, 5.74) is 0.675. The van der Waals surface area contributed by atoms with Crippen molar-refractivity contribution in [3.63, 3.8) is 0 Å². The summed E-state index contributed by atoms with van der Waals surface area (Å²) in [6, 6.07) is 5.25. The monoisotopic (exact) mass is 260 g/mol. The molecule has 0 amide bonds. The normalized spacial score (nSPS) is 10.1. The van der Waals surface area contributed by atoms with Gasteiger partial charge >= 0.3 is 0 Å². The van der Waals surface area contributed by atoms with Crippen molar-refractivity contribution in [3.05, 3.63) is 33.3 Å². The summed E-state index contributed by atoms with van der Waals surface area (Å²) in [7, 11) is 0. The second-order valence-electron chi connectivity index (χ2n) is 2.80. The third-order valence-electron chi connectivity index (χ3n) is 1.71. The summed E-state index contributed by atoms with van der Waals surface area (Å²) in [4.78, 5) is 11.5. The van der Waals surface area contributed by atoms with Gasteiger partial charge in [0.2, 0.25) is 0 Å². The van der Waals surface area contributed by atoms with E-state index in [0.29, 0.717) is 17.0 Å². The summed E-state index contributed by atoms with van der Waals surface area (Å²) in [5.74, 6) is 0.136. The molecular formula is C10H10BrClO. The topological polar surface area (TPSA) is 17.1 Å². The fraction of sp³-hybridized carbons (Fsp3) is 0.300. The SMILES string of the molecule is CCCC(=O)c1cc(Cl)ccc1Br. The lowest BCUT2D eigenvalue weighted by Gasteiger charge is -2.02. The Bertz CT molecular complexity index is 323. The Labute approximate surface area is 91.2 Å². The highest BCUT2D eigenvalue weighted by molar-refractivity contribution is 9.10. The molecule has 70 valence electrons. The van der Waals surface area contributed by atoms with Gasteiger partial charge in [-0.15, -0.1) is 0 Å². The Morgan fingerprint density at radius 1 is 1.54 bits per heavy atom. The van der Waals surface area contributed by atoms with Gasteiger partial charge in [-0.25, -0.2) is 0 Å². The Balaban J connectivity index is 2.99. The van der Waals surface area contributed by atoms with Crippen molar-refractivity contribution in [2.24, 2.45) is 0 Å². The van der Waals surface area contributed by atoms with E-state index in [4.69, 9.17) is 11.6 Å². The second kappa shape index (κ2) is 4.77. The van der Waals surface area contributed by atoms with E-state index in [9.17, 15) is 4.79 Å². The molecule has 1 nitrogen and oxygen atoms in total. The van der Waals surface area contributed by atoms with Crippen molar-refractivity contribution in [1.82, 2.24) is 0 Å². The minimum Gasteiger partial charge on any atom is -0.294 e. The highest BCUT2D eigenvalue weighted by atomic mass is 79.9. The van der Waals surface area contributed by atoms with E-state index in [1.807, 2.05) is 6.92 Å². The number of carbonyl (C=O) groups excluding carboxylic acids is 1. The first-order valence-electron chi connectivity index (χ1n) is 4.13. The van der Waals surface area contributed by atoms with Gasteiger partial charge in [-0.1, -0.05) is 34.5 Å².